The molecule has 2 atom stereocenters. The molecular formula is C15H28O4. The molecule has 0 amide bonds. The second-order valence-electron chi connectivity index (χ2n) is 4.58. The van der Waals surface area contributed by atoms with E-state index in [2.05, 4.69) is 20.4 Å². The molecule has 0 aliphatic rings. The largest absolute Gasteiger partial charge is 0.460 e. The fourth-order valence-electron chi connectivity index (χ4n) is 1.66. The Balaban J connectivity index is 3.92. The lowest BCUT2D eigenvalue weighted by atomic mass is 10.0. The van der Waals surface area contributed by atoms with E-state index in [1.54, 1.807) is 13.8 Å². The van der Waals surface area contributed by atoms with Crippen molar-refractivity contribution in [2.75, 3.05) is 13.2 Å². The van der Waals surface area contributed by atoms with Gasteiger partial charge in [0, 0.05) is 0 Å². The molecule has 0 aromatic carbocycles. The fraction of sp³-hybridized carbons (Fsp3) is 0.800. The standard InChI is InChI=1S/C15H28O4/c1-6-9-10-14(7-2)11-18-13(5)19-12(4)15(16)17-8-3/h13-14H,4,6-11H2,1-3,5H3. The van der Waals surface area contributed by atoms with Crippen LogP contribution in [0.5, 0.6) is 0 Å². The molecule has 4 nitrogen and oxygen atoms in total. The van der Waals surface area contributed by atoms with Gasteiger partial charge in [0.05, 0.1) is 13.2 Å². The lowest BCUT2D eigenvalue weighted by Gasteiger charge is -2.20. The predicted molar refractivity (Wildman–Crippen MR) is 75.6 cm³/mol. The third-order valence-corrected chi connectivity index (χ3v) is 2.92. The molecule has 0 aromatic heterocycles. The molecule has 112 valence electrons. The molecule has 0 heterocycles. The zero-order valence-electron chi connectivity index (χ0n) is 12.7. The Kier molecular flexibility index (Phi) is 10.3. The summed E-state index contributed by atoms with van der Waals surface area (Å²) >= 11 is 0. The quantitative estimate of drug-likeness (QED) is 0.249. The number of unbranched alkanes of at least 4 members (excludes halogenated alkanes) is 1. The maximum atomic E-state index is 11.3. The Bertz CT molecular complexity index is 263. The van der Waals surface area contributed by atoms with Crippen LogP contribution in [0, 0.1) is 5.92 Å². The van der Waals surface area contributed by atoms with Gasteiger partial charge in [-0.05, 0) is 32.8 Å². The number of rotatable bonds is 11. The number of carbonyl (C=O) groups excluding carboxylic acids is 1. The number of hydrogen-bond donors (Lipinski definition) is 0. The summed E-state index contributed by atoms with van der Waals surface area (Å²) in [5, 5.41) is 0. The SMILES string of the molecule is C=C(OC(C)OCC(CC)CCCC)C(=O)OCC. The molecule has 19 heavy (non-hydrogen) atoms. The van der Waals surface area contributed by atoms with Crippen molar-refractivity contribution in [2.45, 2.75) is 59.7 Å². The topological polar surface area (TPSA) is 44.8 Å². The zero-order valence-corrected chi connectivity index (χ0v) is 12.7. The van der Waals surface area contributed by atoms with E-state index < -0.39 is 12.3 Å². The lowest BCUT2D eigenvalue weighted by molar-refractivity contribution is -0.155. The van der Waals surface area contributed by atoms with Gasteiger partial charge in [-0.3, -0.25) is 0 Å². The van der Waals surface area contributed by atoms with Crippen LogP contribution in [0.1, 0.15) is 53.4 Å². The second-order valence-corrected chi connectivity index (χ2v) is 4.58. The van der Waals surface area contributed by atoms with Crippen molar-refractivity contribution in [2.24, 2.45) is 5.92 Å². The molecule has 2 unspecified atom stereocenters. The molecule has 0 radical (unpaired) electrons. The van der Waals surface area contributed by atoms with Crippen LogP contribution in [-0.4, -0.2) is 25.5 Å². The maximum absolute atomic E-state index is 11.3. The smallest absolute Gasteiger partial charge is 0.373 e. The van der Waals surface area contributed by atoms with E-state index in [1.807, 2.05) is 0 Å². The first-order chi connectivity index (χ1) is 9.04. The molecule has 0 spiro atoms. The van der Waals surface area contributed by atoms with Crippen molar-refractivity contribution in [3.05, 3.63) is 12.3 Å². The van der Waals surface area contributed by atoms with Gasteiger partial charge in [-0.1, -0.05) is 33.1 Å². The zero-order chi connectivity index (χ0) is 14.7. The second kappa shape index (κ2) is 10.9. The Morgan fingerprint density at radius 1 is 1.26 bits per heavy atom. The van der Waals surface area contributed by atoms with E-state index in [-0.39, 0.29) is 5.76 Å². The first kappa shape index (κ1) is 18.0. The molecule has 0 fully saturated rings. The van der Waals surface area contributed by atoms with E-state index >= 15 is 0 Å². The van der Waals surface area contributed by atoms with Crippen LogP contribution in [0.2, 0.25) is 0 Å². The van der Waals surface area contributed by atoms with Crippen LogP contribution in [0.15, 0.2) is 12.3 Å². The number of carbonyl (C=O) groups is 1. The number of esters is 1. The molecule has 0 N–H and O–H groups in total. The molecule has 4 heteroatoms. The summed E-state index contributed by atoms with van der Waals surface area (Å²) in [6.07, 6.45) is 4.19. The van der Waals surface area contributed by atoms with E-state index in [1.165, 1.54) is 19.3 Å². The van der Waals surface area contributed by atoms with Gasteiger partial charge < -0.3 is 14.2 Å². The van der Waals surface area contributed by atoms with E-state index in [0.717, 1.165) is 6.42 Å². The summed E-state index contributed by atoms with van der Waals surface area (Å²) in [6.45, 7) is 12.3. The molecule has 0 bridgehead atoms. The molecular weight excluding hydrogens is 244 g/mol. The summed E-state index contributed by atoms with van der Waals surface area (Å²) in [7, 11) is 0. The Morgan fingerprint density at radius 3 is 2.47 bits per heavy atom. The third-order valence-electron chi connectivity index (χ3n) is 2.92. The molecule has 0 saturated heterocycles. The lowest BCUT2D eigenvalue weighted by Crippen LogP contribution is -2.21. The summed E-state index contributed by atoms with van der Waals surface area (Å²) in [6, 6.07) is 0. The molecule has 0 saturated carbocycles. The van der Waals surface area contributed by atoms with Crippen LogP contribution in [-0.2, 0) is 19.0 Å². The normalized spacial score (nSPS) is 13.7. The van der Waals surface area contributed by atoms with Gasteiger partial charge in [0.15, 0.2) is 12.0 Å². The summed E-state index contributed by atoms with van der Waals surface area (Å²) in [5.74, 6) is 0.00814. The van der Waals surface area contributed by atoms with Gasteiger partial charge in [-0.15, -0.1) is 0 Å². The van der Waals surface area contributed by atoms with Gasteiger partial charge in [0.1, 0.15) is 0 Å². The van der Waals surface area contributed by atoms with Gasteiger partial charge >= 0.3 is 5.97 Å². The highest BCUT2D eigenvalue weighted by atomic mass is 16.7. The van der Waals surface area contributed by atoms with Crippen LogP contribution < -0.4 is 0 Å². The van der Waals surface area contributed by atoms with Crippen molar-refractivity contribution in [3.63, 3.8) is 0 Å². The van der Waals surface area contributed by atoms with Gasteiger partial charge in [0.25, 0.3) is 0 Å². The molecule has 0 aliphatic heterocycles. The highest BCUT2D eigenvalue weighted by molar-refractivity contribution is 5.85. The van der Waals surface area contributed by atoms with Crippen molar-refractivity contribution < 1.29 is 19.0 Å². The molecule has 0 rings (SSSR count). The monoisotopic (exact) mass is 272 g/mol. The Morgan fingerprint density at radius 2 is 1.95 bits per heavy atom. The number of hydrogen-bond acceptors (Lipinski definition) is 4. The minimum absolute atomic E-state index is 0.00374. The highest BCUT2D eigenvalue weighted by Gasteiger charge is 2.15. The Hall–Kier alpha value is -1.03. The molecule has 0 aliphatic carbocycles. The van der Waals surface area contributed by atoms with Crippen molar-refractivity contribution in [1.29, 1.82) is 0 Å². The number of ether oxygens (including phenoxy) is 3. The molecule has 0 aromatic rings. The van der Waals surface area contributed by atoms with Gasteiger partial charge in [0.2, 0.25) is 0 Å². The van der Waals surface area contributed by atoms with E-state index in [4.69, 9.17) is 14.2 Å². The first-order valence-electron chi connectivity index (χ1n) is 7.19. The first-order valence-corrected chi connectivity index (χ1v) is 7.19. The van der Waals surface area contributed by atoms with E-state index in [0.29, 0.717) is 19.1 Å². The summed E-state index contributed by atoms with van der Waals surface area (Å²) in [4.78, 5) is 11.3. The summed E-state index contributed by atoms with van der Waals surface area (Å²) in [5.41, 5.74) is 0. The van der Waals surface area contributed by atoms with Crippen molar-refractivity contribution in [1.82, 2.24) is 0 Å². The predicted octanol–water partition coefficient (Wildman–Crippen LogP) is 3.66. The Labute approximate surface area is 117 Å². The van der Waals surface area contributed by atoms with E-state index in [9.17, 15) is 4.79 Å². The van der Waals surface area contributed by atoms with Gasteiger partial charge in [-0.25, -0.2) is 4.79 Å². The third kappa shape index (κ3) is 8.65. The summed E-state index contributed by atoms with van der Waals surface area (Å²) < 4.78 is 15.7. The van der Waals surface area contributed by atoms with Crippen LogP contribution >= 0.6 is 0 Å². The minimum atomic E-state index is -0.532. The van der Waals surface area contributed by atoms with Gasteiger partial charge in [-0.2, -0.15) is 0 Å². The van der Waals surface area contributed by atoms with Crippen LogP contribution in [0.4, 0.5) is 0 Å². The average Bonchev–Trinajstić information content (AvgIpc) is 2.39. The van der Waals surface area contributed by atoms with Crippen LogP contribution in [0.25, 0.3) is 0 Å². The fourth-order valence-corrected chi connectivity index (χ4v) is 1.66. The van der Waals surface area contributed by atoms with Crippen LogP contribution in [0.3, 0.4) is 0 Å². The average molecular weight is 272 g/mol. The minimum Gasteiger partial charge on any atom is -0.460 e. The maximum Gasteiger partial charge on any atom is 0.373 e. The highest BCUT2D eigenvalue weighted by Crippen LogP contribution is 2.14. The van der Waals surface area contributed by atoms with Crippen molar-refractivity contribution in [3.8, 4) is 0 Å². The van der Waals surface area contributed by atoms with Crippen molar-refractivity contribution >= 4 is 5.97 Å².